The summed E-state index contributed by atoms with van der Waals surface area (Å²) in [6.07, 6.45) is 4.90. The Morgan fingerprint density at radius 3 is 2.64 bits per heavy atom. The van der Waals surface area contributed by atoms with Crippen molar-refractivity contribution < 1.29 is 5.11 Å². The summed E-state index contributed by atoms with van der Waals surface area (Å²) in [5.41, 5.74) is -0.0398. The SMILES string of the molecule is CCCSCCC(C)(CO)NC1CC1. The first-order chi connectivity index (χ1) is 6.70. The molecule has 84 valence electrons. The van der Waals surface area contributed by atoms with Crippen molar-refractivity contribution in [2.45, 2.75) is 51.1 Å². The Bertz CT molecular complexity index is 161. The minimum Gasteiger partial charge on any atom is -0.394 e. The number of hydrogen-bond donors (Lipinski definition) is 2. The van der Waals surface area contributed by atoms with Gasteiger partial charge in [-0.15, -0.1) is 0 Å². The number of aliphatic hydroxyl groups excluding tert-OH is 1. The van der Waals surface area contributed by atoms with E-state index >= 15 is 0 Å². The molecule has 1 rings (SSSR count). The number of rotatable bonds is 8. The van der Waals surface area contributed by atoms with Gasteiger partial charge in [0, 0.05) is 11.6 Å². The molecule has 0 amide bonds. The van der Waals surface area contributed by atoms with Crippen LogP contribution in [0.25, 0.3) is 0 Å². The zero-order chi connectivity index (χ0) is 10.4. The van der Waals surface area contributed by atoms with Crippen LogP contribution in [0.3, 0.4) is 0 Å². The average molecular weight is 217 g/mol. The van der Waals surface area contributed by atoms with Crippen LogP contribution < -0.4 is 5.32 Å². The van der Waals surface area contributed by atoms with Crippen LogP contribution in [-0.2, 0) is 0 Å². The molecule has 0 heterocycles. The second-order valence-corrected chi connectivity index (χ2v) is 5.72. The van der Waals surface area contributed by atoms with Gasteiger partial charge < -0.3 is 10.4 Å². The first-order valence-electron chi connectivity index (χ1n) is 5.66. The molecule has 1 aliphatic carbocycles. The Kier molecular flexibility index (Phi) is 5.28. The van der Waals surface area contributed by atoms with Gasteiger partial charge in [0.2, 0.25) is 0 Å². The molecule has 3 heteroatoms. The lowest BCUT2D eigenvalue weighted by Crippen LogP contribution is -2.47. The summed E-state index contributed by atoms with van der Waals surface area (Å²) >= 11 is 1.99. The summed E-state index contributed by atoms with van der Waals surface area (Å²) in [6, 6.07) is 0.684. The molecule has 14 heavy (non-hydrogen) atoms. The van der Waals surface area contributed by atoms with E-state index in [0.29, 0.717) is 6.04 Å². The summed E-state index contributed by atoms with van der Waals surface area (Å²) in [7, 11) is 0. The predicted octanol–water partition coefficient (Wildman–Crippen LogP) is 2.02. The molecule has 1 aliphatic rings. The summed E-state index contributed by atoms with van der Waals surface area (Å²) in [5.74, 6) is 2.40. The van der Waals surface area contributed by atoms with Crippen LogP contribution in [0.1, 0.15) is 39.5 Å². The first-order valence-corrected chi connectivity index (χ1v) is 6.82. The van der Waals surface area contributed by atoms with Crippen molar-refractivity contribution in [2.24, 2.45) is 0 Å². The molecule has 1 fully saturated rings. The third-order valence-electron chi connectivity index (χ3n) is 2.63. The number of thioether (sulfide) groups is 1. The highest BCUT2D eigenvalue weighted by atomic mass is 32.2. The first kappa shape index (κ1) is 12.3. The van der Waals surface area contributed by atoms with Crippen molar-refractivity contribution in [3.63, 3.8) is 0 Å². The Balaban J connectivity index is 2.14. The van der Waals surface area contributed by atoms with Crippen LogP contribution in [-0.4, -0.2) is 34.8 Å². The Hall–Kier alpha value is 0.270. The molecule has 1 unspecified atom stereocenters. The molecule has 2 N–H and O–H groups in total. The third kappa shape index (κ3) is 4.67. The van der Waals surface area contributed by atoms with Crippen LogP contribution in [0.5, 0.6) is 0 Å². The number of nitrogens with one attached hydrogen (secondary N) is 1. The van der Waals surface area contributed by atoms with E-state index in [1.165, 1.54) is 25.0 Å². The monoisotopic (exact) mass is 217 g/mol. The molecule has 2 nitrogen and oxygen atoms in total. The van der Waals surface area contributed by atoms with Crippen molar-refractivity contribution in [2.75, 3.05) is 18.1 Å². The smallest absolute Gasteiger partial charge is 0.0610 e. The topological polar surface area (TPSA) is 32.3 Å². The average Bonchev–Trinajstić information content (AvgIpc) is 2.96. The van der Waals surface area contributed by atoms with Crippen molar-refractivity contribution in [1.29, 1.82) is 0 Å². The third-order valence-corrected chi connectivity index (χ3v) is 3.82. The summed E-state index contributed by atoms with van der Waals surface area (Å²) in [6.45, 7) is 4.61. The van der Waals surface area contributed by atoms with E-state index in [-0.39, 0.29) is 12.1 Å². The zero-order valence-electron chi connectivity index (χ0n) is 9.38. The Morgan fingerprint density at radius 2 is 2.14 bits per heavy atom. The Labute approximate surface area is 91.9 Å². The highest BCUT2D eigenvalue weighted by Crippen LogP contribution is 2.24. The van der Waals surface area contributed by atoms with E-state index in [4.69, 9.17) is 0 Å². The lowest BCUT2D eigenvalue weighted by molar-refractivity contribution is 0.169. The maximum atomic E-state index is 9.35. The number of aliphatic hydroxyl groups is 1. The van der Waals surface area contributed by atoms with E-state index in [9.17, 15) is 5.11 Å². The van der Waals surface area contributed by atoms with Crippen molar-refractivity contribution in [3.8, 4) is 0 Å². The molecule has 0 aromatic carbocycles. The molecule has 0 saturated heterocycles. The van der Waals surface area contributed by atoms with Gasteiger partial charge in [-0.05, 0) is 44.1 Å². The van der Waals surface area contributed by atoms with Gasteiger partial charge in [-0.2, -0.15) is 11.8 Å². The van der Waals surface area contributed by atoms with Crippen LogP contribution in [0.4, 0.5) is 0 Å². The highest BCUT2D eigenvalue weighted by molar-refractivity contribution is 7.99. The van der Waals surface area contributed by atoms with Crippen molar-refractivity contribution in [1.82, 2.24) is 5.32 Å². The molecule has 0 aromatic heterocycles. The molecule has 1 atom stereocenters. The predicted molar refractivity (Wildman–Crippen MR) is 63.9 cm³/mol. The fourth-order valence-electron chi connectivity index (χ4n) is 1.46. The molecule has 0 aliphatic heterocycles. The van der Waals surface area contributed by atoms with Gasteiger partial charge in [0.25, 0.3) is 0 Å². The van der Waals surface area contributed by atoms with Gasteiger partial charge in [0.1, 0.15) is 0 Å². The van der Waals surface area contributed by atoms with Crippen molar-refractivity contribution >= 4 is 11.8 Å². The van der Waals surface area contributed by atoms with Gasteiger partial charge in [-0.25, -0.2) is 0 Å². The molecule has 0 spiro atoms. The van der Waals surface area contributed by atoms with Crippen LogP contribution in [0.15, 0.2) is 0 Å². The highest BCUT2D eigenvalue weighted by Gasteiger charge is 2.31. The van der Waals surface area contributed by atoms with Crippen molar-refractivity contribution in [3.05, 3.63) is 0 Å². The van der Waals surface area contributed by atoms with Crippen LogP contribution in [0.2, 0.25) is 0 Å². The van der Waals surface area contributed by atoms with E-state index in [2.05, 4.69) is 19.2 Å². The molecule has 1 saturated carbocycles. The fourth-order valence-corrected chi connectivity index (χ4v) is 2.55. The van der Waals surface area contributed by atoms with E-state index < -0.39 is 0 Å². The minimum absolute atomic E-state index is 0.0398. The van der Waals surface area contributed by atoms with Gasteiger partial charge in [-0.3, -0.25) is 0 Å². The van der Waals surface area contributed by atoms with E-state index in [0.717, 1.165) is 12.2 Å². The van der Waals surface area contributed by atoms with Gasteiger partial charge >= 0.3 is 0 Å². The summed E-state index contributed by atoms with van der Waals surface area (Å²) in [5, 5.41) is 12.9. The van der Waals surface area contributed by atoms with Crippen LogP contribution in [0, 0.1) is 0 Å². The molecule has 0 aromatic rings. The van der Waals surface area contributed by atoms with Gasteiger partial charge in [0.05, 0.1) is 6.61 Å². The van der Waals surface area contributed by atoms with E-state index in [1.807, 2.05) is 11.8 Å². The normalized spacial score (nSPS) is 20.8. The molecular formula is C11H23NOS. The lowest BCUT2D eigenvalue weighted by Gasteiger charge is -2.28. The quantitative estimate of drug-likeness (QED) is 0.610. The maximum Gasteiger partial charge on any atom is 0.0610 e. The lowest BCUT2D eigenvalue weighted by atomic mass is 10.0. The van der Waals surface area contributed by atoms with Gasteiger partial charge in [0.15, 0.2) is 0 Å². The number of hydrogen-bond acceptors (Lipinski definition) is 3. The van der Waals surface area contributed by atoms with E-state index in [1.54, 1.807) is 0 Å². The fraction of sp³-hybridized carbons (Fsp3) is 1.00. The molecule has 0 bridgehead atoms. The molecular weight excluding hydrogens is 194 g/mol. The van der Waals surface area contributed by atoms with Crippen LogP contribution >= 0.6 is 11.8 Å². The Morgan fingerprint density at radius 1 is 1.43 bits per heavy atom. The standard InChI is InChI=1S/C11H23NOS/c1-3-7-14-8-6-11(2,9-13)12-10-4-5-10/h10,12-13H,3-9H2,1-2H3. The maximum absolute atomic E-state index is 9.35. The largest absolute Gasteiger partial charge is 0.394 e. The zero-order valence-corrected chi connectivity index (χ0v) is 10.2. The summed E-state index contributed by atoms with van der Waals surface area (Å²) < 4.78 is 0. The van der Waals surface area contributed by atoms with Gasteiger partial charge in [-0.1, -0.05) is 6.92 Å². The minimum atomic E-state index is -0.0398. The second kappa shape index (κ2) is 5.99. The summed E-state index contributed by atoms with van der Waals surface area (Å²) in [4.78, 5) is 0. The second-order valence-electron chi connectivity index (χ2n) is 4.50. The molecule has 0 radical (unpaired) electrons.